The van der Waals surface area contributed by atoms with Crippen molar-refractivity contribution in [1.82, 2.24) is 9.88 Å². The molecule has 0 unspecified atom stereocenters. The third-order valence-corrected chi connectivity index (χ3v) is 7.75. The van der Waals surface area contributed by atoms with Gasteiger partial charge in [0.1, 0.15) is 0 Å². The van der Waals surface area contributed by atoms with Crippen LogP contribution in [0.2, 0.25) is 0 Å². The zero-order chi connectivity index (χ0) is 29.4. The second kappa shape index (κ2) is 14.7. The van der Waals surface area contributed by atoms with Crippen LogP contribution in [0, 0.1) is 13.8 Å². The molecule has 0 spiro atoms. The van der Waals surface area contributed by atoms with Crippen molar-refractivity contribution in [2.24, 2.45) is 0 Å². The molecule has 1 heterocycles. The van der Waals surface area contributed by atoms with Gasteiger partial charge in [-0.1, -0.05) is 96.8 Å². The van der Waals surface area contributed by atoms with Crippen LogP contribution in [0.5, 0.6) is 0 Å². The topological polar surface area (TPSA) is 40.2 Å². The van der Waals surface area contributed by atoms with Gasteiger partial charge in [-0.15, -0.1) is 0 Å². The number of nitrogens with zero attached hydrogens (tertiary/aromatic N) is 2. The minimum absolute atomic E-state index is 0.480. The molecular formula is C36H54N4. The van der Waals surface area contributed by atoms with Gasteiger partial charge in [0, 0.05) is 50.3 Å². The van der Waals surface area contributed by atoms with E-state index in [0.717, 1.165) is 38.4 Å². The maximum absolute atomic E-state index is 4.64. The van der Waals surface area contributed by atoms with E-state index in [1.165, 1.54) is 44.8 Å². The number of aryl methyl sites for hydroxylation is 2. The van der Waals surface area contributed by atoms with Crippen molar-refractivity contribution in [2.75, 3.05) is 36.8 Å². The van der Waals surface area contributed by atoms with E-state index in [1.54, 1.807) is 0 Å². The number of aromatic nitrogens is 1. The average molecular weight is 543 g/mol. The van der Waals surface area contributed by atoms with Crippen LogP contribution in [0.15, 0.2) is 48.7 Å². The highest BCUT2D eigenvalue weighted by Crippen LogP contribution is 2.35. The fourth-order valence-corrected chi connectivity index (χ4v) is 5.58. The Kier molecular flexibility index (Phi) is 11.6. The molecule has 2 N–H and O–H groups in total. The van der Waals surface area contributed by atoms with E-state index in [9.17, 15) is 0 Å². The average Bonchev–Trinajstić information content (AvgIpc) is 2.89. The summed E-state index contributed by atoms with van der Waals surface area (Å²) in [6.45, 7) is 27.3. The van der Waals surface area contributed by atoms with Crippen molar-refractivity contribution >= 4 is 11.4 Å². The largest absolute Gasteiger partial charge is 0.383 e. The predicted molar refractivity (Wildman–Crippen MR) is 175 cm³/mol. The van der Waals surface area contributed by atoms with Crippen LogP contribution in [0.1, 0.15) is 118 Å². The molecule has 2 aromatic carbocycles. The highest BCUT2D eigenvalue weighted by molar-refractivity contribution is 5.62. The zero-order valence-electron chi connectivity index (χ0n) is 26.9. The quantitative estimate of drug-likeness (QED) is 0.213. The summed E-state index contributed by atoms with van der Waals surface area (Å²) in [7, 11) is 0. The molecule has 1 aromatic heterocycles. The van der Waals surface area contributed by atoms with E-state index < -0.39 is 0 Å². The van der Waals surface area contributed by atoms with E-state index in [4.69, 9.17) is 0 Å². The lowest BCUT2D eigenvalue weighted by atomic mass is 9.90. The summed E-state index contributed by atoms with van der Waals surface area (Å²) >= 11 is 0. The van der Waals surface area contributed by atoms with Gasteiger partial charge in [-0.2, -0.15) is 0 Å². The Morgan fingerprint density at radius 3 is 1.35 bits per heavy atom. The van der Waals surface area contributed by atoms with Crippen molar-refractivity contribution in [2.45, 2.75) is 99.5 Å². The van der Waals surface area contributed by atoms with Gasteiger partial charge in [-0.25, -0.2) is 0 Å². The monoisotopic (exact) mass is 542 g/mol. The second-order valence-corrected chi connectivity index (χ2v) is 12.7. The first kappa shape index (κ1) is 31.7. The number of anilines is 2. The Bertz CT molecular complexity index is 1080. The predicted octanol–water partition coefficient (Wildman–Crippen LogP) is 9.22. The van der Waals surface area contributed by atoms with Crippen LogP contribution in [-0.2, 0) is 6.54 Å². The van der Waals surface area contributed by atoms with Crippen LogP contribution in [0.3, 0.4) is 0 Å². The van der Waals surface area contributed by atoms with Gasteiger partial charge in [0.05, 0.1) is 5.69 Å². The number of nitrogens with one attached hydrogen (secondary N) is 2. The van der Waals surface area contributed by atoms with Crippen molar-refractivity contribution in [3.8, 4) is 0 Å². The van der Waals surface area contributed by atoms with Crippen LogP contribution in [-0.4, -0.2) is 36.1 Å². The van der Waals surface area contributed by atoms with Crippen molar-refractivity contribution in [1.29, 1.82) is 0 Å². The first-order chi connectivity index (χ1) is 19.0. The number of hydrogen-bond donors (Lipinski definition) is 2. The van der Waals surface area contributed by atoms with E-state index >= 15 is 0 Å². The summed E-state index contributed by atoms with van der Waals surface area (Å²) in [5.74, 6) is 1.92. The van der Waals surface area contributed by atoms with E-state index in [0.29, 0.717) is 23.7 Å². The van der Waals surface area contributed by atoms with Gasteiger partial charge < -0.3 is 10.6 Å². The molecule has 3 aromatic rings. The van der Waals surface area contributed by atoms with Crippen molar-refractivity contribution in [3.05, 3.63) is 87.7 Å². The molecule has 0 atom stereocenters. The van der Waals surface area contributed by atoms with Crippen LogP contribution < -0.4 is 10.6 Å². The van der Waals surface area contributed by atoms with Crippen molar-refractivity contribution < 1.29 is 0 Å². The molecule has 0 bridgehead atoms. The summed E-state index contributed by atoms with van der Waals surface area (Å²) in [4.78, 5) is 7.16. The van der Waals surface area contributed by atoms with Gasteiger partial charge in [0.25, 0.3) is 0 Å². The van der Waals surface area contributed by atoms with Gasteiger partial charge in [0.15, 0.2) is 0 Å². The summed E-state index contributed by atoms with van der Waals surface area (Å²) < 4.78 is 0. The SMILES string of the molecule is Cc1cc(C(C)C)c(NCCN(CCNc2c(C(C)C)cc(C)cc2C(C)C)Cc2ccccn2)c(C(C)C)c1. The maximum Gasteiger partial charge on any atom is 0.0543 e. The lowest BCUT2D eigenvalue weighted by Gasteiger charge is -2.27. The van der Waals surface area contributed by atoms with E-state index in [-0.39, 0.29) is 0 Å². The summed E-state index contributed by atoms with van der Waals surface area (Å²) in [5.41, 5.74) is 12.1. The molecule has 0 amide bonds. The molecule has 0 aliphatic carbocycles. The normalized spacial score (nSPS) is 11.9. The zero-order valence-corrected chi connectivity index (χ0v) is 26.9. The lowest BCUT2D eigenvalue weighted by Crippen LogP contribution is -2.33. The smallest absolute Gasteiger partial charge is 0.0543 e. The molecule has 0 aliphatic heterocycles. The first-order valence-corrected chi connectivity index (χ1v) is 15.4. The van der Waals surface area contributed by atoms with Crippen LogP contribution >= 0.6 is 0 Å². The number of rotatable bonds is 14. The summed E-state index contributed by atoms with van der Waals surface area (Å²) in [6, 6.07) is 15.6. The number of benzene rings is 2. The van der Waals surface area contributed by atoms with Crippen LogP contribution in [0.25, 0.3) is 0 Å². The van der Waals surface area contributed by atoms with Gasteiger partial charge in [-0.05, 0) is 71.9 Å². The summed E-state index contributed by atoms with van der Waals surface area (Å²) in [6.07, 6.45) is 1.90. The fourth-order valence-electron chi connectivity index (χ4n) is 5.58. The lowest BCUT2D eigenvalue weighted by molar-refractivity contribution is 0.283. The Morgan fingerprint density at radius 1 is 0.625 bits per heavy atom. The fraction of sp³-hybridized carbons (Fsp3) is 0.528. The van der Waals surface area contributed by atoms with Crippen LogP contribution in [0.4, 0.5) is 11.4 Å². The van der Waals surface area contributed by atoms with E-state index in [1.807, 2.05) is 12.3 Å². The Labute approximate surface area is 245 Å². The van der Waals surface area contributed by atoms with Gasteiger partial charge in [-0.3, -0.25) is 9.88 Å². The highest BCUT2D eigenvalue weighted by Gasteiger charge is 2.17. The molecule has 0 saturated carbocycles. The minimum atomic E-state index is 0.480. The maximum atomic E-state index is 4.64. The molecule has 0 saturated heterocycles. The third kappa shape index (κ3) is 8.57. The van der Waals surface area contributed by atoms with Gasteiger partial charge >= 0.3 is 0 Å². The highest BCUT2D eigenvalue weighted by atomic mass is 15.2. The molecule has 0 aliphatic rings. The molecule has 0 radical (unpaired) electrons. The second-order valence-electron chi connectivity index (χ2n) is 12.7. The molecule has 218 valence electrons. The standard InChI is InChI=1S/C36H54N4/c1-24(2)31-19-28(9)20-32(25(3)4)35(31)38-15-17-40(23-30-13-11-12-14-37-30)18-16-39-36-33(26(5)6)21-29(10)22-34(36)27(7)8/h11-14,19-22,24-27,38-39H,15-18,23H2,1-10H3. The number of pyridine rings is 1. The summed E-state index contributed by atoms with van der Waals surface area (Å²) in [5, 5.41) is 7.74. The Balaban J connectivity index is 1.78. The Morgan fingerprint density at radius 2 is 1.02 bits per heavy atom. The Hall–Kier alpha value is -2.85. The molecule has 40 heavy (non-hydrogen) atoms. The molecule has 4 nitrogen and oxygen atoms in total. The van der Waals surface area contributed by atoms with Crippen molar-refractivity contribution in [3.63, 3.8) is 0 Å². The minimum Gasteiger partial charge on any atom is -0.383 e. The molecule has 4 heteroatoms. The number of hydrogen-bond acceptors (Lipinski definition) is 4. The third-order valence-electron chi connectivity index (χ3n) is 7.75. The van der Waals surface area contributed by atoms with E-state index in [2.05, 4.69) is 126 Å². The van der Waals surface area contributed by atoms with Gasteiger partial charge in [0.2, 0.25) is 0 Å². The molecule has 0 fully saturated rings. The first-order valence-electron chi connectivity index (χ1n) is 15.4. The molecule has 3 rings (SSSR count). The molecular weight excluding hydrogens is 488 g/mol.